The molecule has 25 heavy (non-hydrogen) atoms. The number of aromatic nitrogens is 1. The minimum absolute atomic E-state index is 0.0351. The fourth-order valence-corrected chi connectivity index (χ4v) is 4.27. The Balaban J connectivity index is 1.57. The second kappa shape index (κ2) is 8.49. The second-order valence-electron chi connectivity index (χ2n) is 5.31. The highest BCUT2D eigenvalue weighted by Gasteiger charge is 2.09. The van der Waals surface area contributed by atoms with Gasteiger partial charge in [-0.2, -0.15) is 0 Å². The molecule has 0 atom stereocenters. The van der Waals surface area contributed by atoms with Gasteiger partial charge >= 0.3 is 0 Å². The van der Waals surface area contributed by atoms with E-state index in [1.165, 1.54) is 11.8 Å². The van der Waals surface area contributed by atoms with Gasteiger partial charge in [0.2, 0.25) is 5.91 Å². The smallest absolute Gasteiger partial charge is 0.234 e. The summed E-state index contributed by atoms with van der Waals surface area (Å²) in [6.45, 7) is 1.99. The monoisotopic (exact) mass is 496 g/mol. The molecule has 0 spiro atoms. The van der Waals surface area contributed by atoms with Gasteiger partial charge in [0.1, 0.15) is 0 Å². The van der Waals surface area contributed by atoms with E-state index in [4.69, 9.17) is 0 Å². The number of benzene rings is 2. The highest BCUT2D eigenvalue weighted by atomic mass is 79.9. The molecule has 0 unspecified atom stereocenters. The predicted octanol–water partition coefficient (Wildman–Crippen LogP) is 6.37. The van der Waals surface area contributed by atoms with Crippen LogP contribution in [0.3, 0.4) is 0 Å². The number of nitrogens with one attached hydrogen (secondary N) is 1. The van der Waals surface area contributed by atoms with Crippen LogP contribution in [0.15, 0.2) is 61.1 Å². The number of nitrogens with zero attached hydrogens (tertiary/aromatic N) is 1. The van der Waals surface area contributed by atoms with Crippen molar-refractivity contribution in [2.75, 3.05) is 11.1 Å². The van der Waals surface area contributed by atoms with Crippen molar-refractivity contribution in [3.63, 3.8) is 0 Å². The largest absolute Gasteiger partial charge is 0.325 e. The molecule has 3 aromatic rings. The summed E-state index contributed by atoms with van der Waals surface area (Å²) in [6, 6.07) is 13.8. The van der Waals surface area contributed by atoms with Crippen LogP contribution in [-0.2, 0) is 4.79 Å². The van der Waals surface area contributed by atoms with Crippen LogP contribution in [0.25, 0.3) is 11.3 Å². The molecule has 0 aliphatic heterocycles. The van der Waals surface area contributed by atoms with Crippen molar-refractivity contribution in [3.05, 3.63) is 62.4 Å². The van der Waals surface area contributed by atoms with Gasteiger partial charge in [-0.15, -0.1) is 11.3 Å². The van der Waals surface area contributed by atoms with Gasteiger partial charge in [-0.1, -0.05) is 55.8 Å². The average Bonchev–Trinajstić information content (AvgIpc) is 3.06. The van der Waals surface area contributed by atoms with Crippen molar-refractivity contribution in [2.24, 2.45) is 0 Å². The molecular formula is C18H14Br2N2OS2. The molecule has 0 aliphatic rings. The molecule has 3 nitrogen and oxygen atoms in total. The molecule has 1 N–H and O–H groups in total. The number of anilines is 1. The van der Waals surface area contributed by atoms with Gasteiger partial charge in [0.05, 0.1) is 11.4 Å². The summed E-state index contributed by atoms with van der Waals surface area (Å²) < 4.78 is 2.96. The Bertz CT molecular complexity index is 894. The van der Waals surface area contributed by atoms with Crippen LogP contribution < -0.4 is 5.32 Å². The number of carbonyl (C=O) groups excluding carboxylic acids is 1. The lowest BCUT2D eigenvalue weighted by molar-refractivity contribution is -0.113. The van der Waals surface area contributed by atoms with Crippen LogP contribution in [0.1, 0.15) is 5.56 Å². The van der Waals surface area contributed by atoms with Crippen molar-refractivity contribution < 1.29 is 4.79 Å². The third-order valence-corrected chi connectivity index (χ3v) is 6.83. The third-order valence-electron chi connectivity index (χ3n) is 3.39. The first-order valence-corrected chi connectivity index (χ1v) is 10.9. The molecule has 0 bridgehead atoms. The summed E-state index contributed by atoms with van der Waals surface area (Å²) in [4.78, 5) is 16.7. The Labute approximate surface area is 171 Å². The summed E-state index contributed by atoms with van der Waals surface area (Å²) in [5, 5.41) is 4.93. The highest BCUT2D eigenvalue weighted by molar-refractivity contribution is 9.10. The minimum Gasteiger partial charge on any atom is -0.325 e. The zero-order valence-electron chi connectivity index (χ0n) is 13.3. The molecule has 1 heterocycles. The molecule has 0 radical (unpaired) electrons. The van der Waals surface area contributed by atoms with Crippen LogP contribution in [0.5, 0.6) is 0 Å². The van der Waals surface area contributed by atoms with Crippen molar-refractivity contribution >= 4 is 66.6 Å². The number of thiazole rings is 1. The maximum absolute atomic E-state index is 12.1. The maximum atomic E-state index is 12.1. The van der Waals surface area contributed by atoms with E-state index in [9.17, 15) is 4.79 Å². The normalized spacial score (nSPS) is 10.7. The van der Waals surface area contributed by atoms with E-state index in [0.717, 1.165) is 35.8 Å². The number of aryl methyl sites for hydroxylation is 1. The molecule has 2 aromatic carbocycles. The molecule has 0 fully saturated rings. The molecule has 3 rings (SSSR count). The first kappa shape index (κ1) is 18.6. The fraction of sp³-hybridized carbons (Fsp3) is 0.111. The van der Waals surface area contributed by atoms with Crippen molar-refractivity contribution in [1.29, 1.82) is 0 Å². The Kier molecular flexibility index (Phi) is 6.33. The zero-order valence-corrected chi connectivity index (χ0v) is 18.1. The topological polar surface area (TPSA) is 42.0 Å². The van der Waals surface area contributed by atoms with Gasteiger partial charge < -0.3 is 5.32 Å². The number of hydrogen-bond donors (Lipinski definition) is 1. The molecule has 7 heteroatoms. The van der Waals surface area contributed by atoms with E-state index in [0.29, 0.717) is 5.75 Å². The van der Waals surface area contributed by atoms with Gasteiger partial charge in [-0.3, -0.25) is 4.79 Å². The van der Waals surface area contributed by atoms with E-state index >= 15 is 0 Å². The fourth-order valence-electron chi connectivity index (χ4n) is 2.12. The molecule has 1 amide bonds. The minimum atomic E-state index is -0.0351. The number of amides is 1. The van der Waals surface area contributed by atoms with Gasteiger partial charge in [-0.25, -0.2) is 4.98 Å². The second-order valence-corrected chi connectivity index (χ2v) is 9.16. The van der Waals surface area contributed by atoms with E-state index < -0.39 is 0 Å². The number of carbonyl (C=O) groups is 1. The first-order valence-electron chi connectivity index (χ1n) is 7.41. The Morgan fingerprint density at radius 2 is 1.96 bits per heavy atom. The Hall–Kier alpha value is -1.15. The maximum Gasteiger partial charge on any atom is 0.234 e. The third kappa shape index (κ3) is 5.17. The van der Waals surface area contributed by atoms with Gasteiger partial charge in [0.25, 0.3) is 0 Å². The van der Waals surface area contributed by atoms with Crippen LogP contribution in [0.2, 0.25) is 0 Å². The molecule has 1 aromatic heterocycles. The van der Waals surface area contributed by atoms with Crippen LogP contribution in [0.4, 0.5) is 5.69 Å². The van der Waals surface area contributed by atoms with E-state index in [2.05, 4.69) is 42.2 Å². The van der Waals surface area contributed by atoms with Crippen molar-refractivity contribution in [2.45, 2.75) is 11.3 Å². The molecule has 0 saturated heterocycles. The quantitative estimate of drug-likeness (QED) is 0.416. The van der Waals surface area contributed by atoms with E-state index in [-0.39, 0.29) is 5.91 Å². The average molecular weight is 498 g/mol. The van der Waals surface area contributed by atoms with Crippen LogP contribution in [-0.4, -0.2) is 16.6 Å². The summed E-state index contributed by atoms with van der Waals surface area (Å²) in [5.74, 6) is 0.301. The molecule has 0 aliphatic carbocycles. The molecule has 128 valence electrons. The molecular weight excluding hydrogens is 484 g/mol. The predicted molar refractivity (Wildman–Crippen MR) is 113 cm³/mol. The number of halogens is 2. The zero-order chi connectivity index (χ0) is 17.8. The van der Waals surface area contributed by atoms with Crippen LogP contribution in [0, 0.1) is 6.92 Å². The van der Waals surface area contributed by atoms with E-state index in [1.807, 2.05) is 54.8 Å². The highest BCUT2D eigenvalue weighted by Crippen LogP contribution is 2.29. The Morgan fingerprint density at radius 1 is 1.20 bits per heavy atom. The van der Waals surface area contributed by atoms with Crippen molar-refractivity contribution in [3.8, 4) is 11.3 Å². The van der Waals surface area contributed by atoms with Gasteiger partial charge in [-0.05, 0) is 42.8 Å². The van der Waals surface area contributed by atoms with Gasteiger partial charge in [0, 0.05) is 25.6 Å². The first-order chi connectivity index (χ1) is 12.0. The SMILES string of the molecule is Cc1cc(NC(=O)CSc2nc(-c3ccc(Br)cc3)cs2)ccc1Br. The number of rotatable bonds is 5. The van der Waals surface area contributed by atoms with Crippen LogP contribution >= 0.6 is 55.0 Å². The summed E-state index contributed by atoms with van der Waals surface area (Å²) in [6.07, 6.45) is 0. The Morgan fingerprint density at radius 3 is 2.68 bits per heavy atom. The molecule has 0 saturated carbocycles. The summed E-state index contributed by atoms with van der Waals surface area (Å²) in [7, 11) is 0. The number of hydrogen-bond acceptors (Lipinski definition) is 4. The summed E-state index contributed by atoms with van der Waals surface area (Å²) >= 11 is 9.89. The number of thioether (sulfide) groups is 1. The summed E-state index contributed by atoms with van der Waals surface area (Å²) in [5.41, 5.74) is 3.90. The lowest BCUT2D eigenvalue weighted by atomic mass is 10.2. The van der Waals surface area contributed by atoms with Gasteiger partial charge in [0.15, 0.2) is 4.34 Å². The standard InChI is InChI=1S/C18H14Br2N2OS2/c1-11-8-14(6-7-15(11)20)21-17(23)10-25-18-22-16(9-24-18)12-2-4-13(19)5-3-12/h2-9H,10H2,1H3,(H,21,23). The lowest BCUT2D eigenvalue weighted by Gasteiger charge is -2.06. The lowest BCUT2D eigenvalue weighted by Crippen LogP contribution is -2.14. The van der Waals surface area contributed by atoms with E-state index in [1.54, 1.807) is 11.3 Å². The van der Waals surface area contributed by atoms with Crippen molar-refractivity contribution in [1.82, 2.24) is 4.98 Å².